The van der Waals surface area contributed by atoms with E-state index in [1.807, 2.05) is 12.1 Å². The third-order valence-electron chi connectivity index (χ3n) is 4.46. The Bertz CT molecular complexity index is 580. The SMILES string of the molecule is CC(C)COc1cccc(CCCCCC(=O)O)c1CCCCCC(=O)O. The zero-order valence-electron chi connectivity index (χ0n) is 16.7. The Balaban J connectivity index is 2.66. The molecular formula is C22H34O5. The molecule has 5 nitrogen and oxygen atoms in total. The summed E-state index contributed by atoms with van der Waals surface area (Å²) in [6.45, 7) is 4.92. The Kier molecular flexibility index (Phi) is 11.2. The van der Waals surface area contributed by atoms with Gasteiger partial charge in [0.05, 0.1) is 6.61 Å². The molecule has 1 aromatic rings. The Hall–Kier alpha value is -2.04. The van der Waals surface area contributed by atoms with E-state index in [0.29, 0.717) is 25.4 Å². The van der Waals surface area contributed by atoms with Crippen molar-refractivity contribution >= 4 is 11.9 Å². The molecule has 2 N–H and O–H groups in total. The lowest BCUT2D eigenvalue weighted by molar-refractivity contribution is -0.138. The smallest absolute Gasteiger partial charge is 0.303 e. The largest absolute Gasteiger partial charge is 0.493 e. The molecular weight excluding hydrogens is 344 g/mol. The van der Waals surface area contributed by atoms with Gasteiger partial charge in [0, 0.05) is 12.8 Å². The van der Waals surface area contributed by atoms with Crippen molar-refractivity contribution in [3.63, 3.8) is 0 Å². The fourth-order valence-electron chi connectivity index (χ4n) is 3.04. The Morgan fingerprint density at radius 3 is 2.04 bits per heavy atom. The summed E-state index contributed by atoms with van der Waals surface area (Å²) in [6.07, 6.45) is 7.38. The summed E-state index contributed by atoms with van der Waals surface area (Å²) in [5, 5.41) is 17.5. The second kappa shape index (κ2) is 13.2. The molecule has 0 saturated carbocycles. The van der Waals surface area contributed by atoms with Crippen LogP contribution in [0.4, 0.5) is 0 Å². The Labute approximate surface area is 162 Å². The van der Waals surface area contributed by atoms with Crippen LogP contribution in [-0.4, -0.2) is 28.8 Å². The van der Waals surface area contributed by atoms with Gasteiger partial charge in [-0.2, -0.15) is 0 Å². The molecule has 0 atom stereocenters. The van der Waals surface area contributed by atoms with Gasteiger partial charge >= 0.3 is 11.9 Å². The van der Waals surface area contributed by atoms with Crippen molar-refractivity contribution in [3.05, 3.63) is 29.3 Å². The van der Waals surface area contributed by atoms with Crippen molar-refractivity contribution in [3.8, 4) is 5.75 Å². The summed E-state index contributed by atoms with van der Waals surface area (Å²) in [6, 6.07) is 6.17. The van der Waals surface area contributed by atoms with Gasteiger partial charge in [-0.15, -0.1) is 0 Å². The van der Waals surface area contributed by atoms with Crippen LogP contribution in [0.5, 0.6) is 5.75 Å². The van der Waals surface area contributed by atoms with Crippen molar-refractivity contribution in [2.75, 3.05) is 6.61 Å². The maximum Gasteiger partial charge on any atom is 0.303 e. The van der Waals surface area contributed by atoms with Crippen molar-refractivity contribution in [1.82, 2.24) is 0 Å². The Morgan fingerprint density at radius 1 is 0.889 bits per heavy atom. The molecule has 152 valence electrons. The van der Waals surface area contributed by atoms with Crippen LogP contribution in [0.15, 0.2) is 18.2 Å². The molecule has 0 amide bonds. The molecule has 0 aliphatic heterocycles. The average molecular weight is 379 g/mol. The van der Waals surface area contributed by atoms with Gasteiger partial charge in [-0.1, -0.05) is 38.8 Å². The van der Waals surface area contributed by atoms with E-state index >= 15 is 0 Å². The van der Waals surface area contributed by atoms with Gasteiger partial charge < -0.3 is 14.9 Å². The molecule has 0 heterocycles. The lowest BCUT2D eigenvalue weighted by atomic mass is 9.95. The maximum atomic E-state index is 10.6. The van der Waals surface area contributed by atoms with Crippen molar-refractivity contribution < 1.29 is 24.5 Å². The molecule has 0 radical (unpaired) electrons. The predicted molar refractivity (Wildman–Crippen MR) is 106 cm³/mol. The van der Waals surface area contributed by atoms with Gasteiger partial charge in [-0.3, -0.25) is 9.59 Å². The van der Waals surface area contributed by atoms with Crippen LogP contribution in [0.25, 0.3) is 0 Å². The lowest BCUT2D eigenvalue weighted by Crippen LogP contribution is -2.08. The van der Waals surface area contributed by atoms with Gasteiger partial charge in [0.1, 0.15) is 5.75 Å². The third-order valence-corrected chi connectivity index (χ3v) is 4.46. The number of hydrogen-bond donors (Lipinski definition) is 2. The zero-order chi connectivity index (χ0) is 20.1. The second-order valence-corrected chi connectivity index (χ2v) is 7.51. The van der Waals surface area contributed by atoms with Crippen LogP contribution in [0.3, 0.4) is 0 Å². The number of rotatable bonds is 15. The highest BCUT2D eigenvalue weighted by atomic mass is 16.5. The highest BCUT2D eigenvalue weighted by molar-refractivity contribution is 5.66. The number of unbranched alkanes of at least 4 members (excludes halogenated alkanes) is 4. The molecule has 0 aromatic heterocycles. The van der Waals surface area contributed by atoms with E-state index in [0.717, 1.165) is 44.3 Å². The zero-order valence-corrected chi connectivity index (χ0v) is 16.7. The van der Waals surface area contributed by atoms with E-state index in [-0.39, 0.29) is 12.8 Å². The first-order chi connectivity index (χ1) is 12.9. The van der Waals surface area contributed by atoms with E-state index in [4.69, 9.17) is 14.9 Å². The number of carbonyl (C=O) groups is 2. The number of hydrogen-bond acceptors (Lipinski definition) is 3. The minimum Gasteiger partial charge on any atom is -0.493 e. The number of benzene rings is 1. The van der Waals surface area contributed by atoms with Gasteiger partial charge in [-0.05, 0) is 61.6 Å². The fourth-order valence-corrected chi connectivity index (χ4v) is 3.04. The van der Waals surface area contributed by atoms with Crippen LogP contribution >= 0.6 is 0 Å². The lowest BCUT2D eigenvalue weighted by Gasteiger charge is -2.17. The van der Waals surface area contributed by atoms with Crippen LogP contribution < -0.4 is 4.74 Å². The molecule has 0 unspecified atom stereocenters. The van der Waals surface area contributed by atoms with Gasteiger partial charge in [-0.25, -0.2) is 0 Å². The van der Waals surface area contributed by atoms with E-state index in [2.05, 4.69) is 19.9 Å². The highest BCUT2D eigenvalue weighted by Crippen LogP contribution is 2.27. The molecule has 5 heteroatoms. The monoisotopic (exact) mass is 378 g/mol. The summed E-state index contributed by atoms with van der Waals surface area (Å²) >= 11 is 0. The topological polar surface area (TPSA) is 83.8 Å². The van der Waals surface area contributed by atoms with E-state index in [9.17, 15) is 9.59 Å². The molecule has 27 heavy (non-hydrogen) atoms. The summed E-state index contributed by atoms with van der Waals surface area (Å²) in [5.41, 5.74) is 2.50. The number of ether oxygens (including phenoxy) is 1. The minimum atomic E-state index is -0.738. The number of aliphatic carboxylic acids is 2. The van der Waals surface area contributed by atoms with Gasteiger partial charge in [0.2, 0.25) is 0 Å². The van der Waals surface area contributed by atoms with Crippen molar-refractivity contribution in [2.24, 2.45) is 5.92 Å². The molecule has 1 rings (SSSR count). The second-order valence-electron chi connectivity index (χ2n) is 7.51. The summed E-state index contributed by atoms with van der Waals surface area (Å²) in [4.78, 5) is 21.3. The van der Waals surface area contributed by atoms with Crippen LogP contribution in [0.2, 0.25) is 0 Å². The molecule has 0 aliphatic carbocycles. The number of aryl methyl sites for hydroxylation is 1. The normalized spacial score (nSPS) is 10.9. The van der Waals surface area contributed by atoms with E-state index in [1.165, 1.54) is 11.1 Å². The fraction of sp³-hybridized carbons (Fsp3) is 0.636. The van der Waals surface area contributed by atoms with E-state index < -0.39 is 11.9 Å². The minimum absolute atomic E-state index is 0.224. The first-order valence-corrected chi connectivity index (χ1v) is 10.1. The van der Waals surface area contributed by atoms with Gasteiger partial charge in [0.15, 0.2) is 0 Å². The van der Waals surface area contributed by atoms with Crippen LogP contribution in [0, 0.1) is 5.92 Å². The quantitative estimate of drug-likeness (QED) is 0.415. The molecule has 0 aliphatic rings. The predicted octanol–water partition coefficient (Wildman–Crippen LogP) is 5.10. The average Bonchev–Trinajstić information content (AvgIpc) is 2.59. The first-order valence-electron chi connectivity index (χ1n) is 10.1. The highest BCUT2D eigenvalue weighted by Gasteiger charge is 2.11. The van der Waals surface area contributed by atoms with Crippen molar-refractivity contribution in [2.45, 2.75) is 78.1 Å². The van der Waals surface area contributed by atoms with E-state index in [1.54, 1.807) is 0 Å². The summed E-state index contributed by atoms with van der Waals surface area (Å²) in [5.74, 6) is -0.0862. The third kappa shape index (κ3) is 10.6. The molecule has 0 saturated heterocycles. The maximum absolute atomic E-state index is 10.6. The summed E-state index contributed by atoms with van der Waals surface area (Å²) in [7, 11) is 0. The molecule has 0 fully saturated rings. The Morgan fingerprint density at radius 2 is 1.48 bits per heavy atom. The molecule has 0 spiro atoms. The van der Waals surface area contributed by atoms with Crippen molar-refractivity contribution in [1.29, 1.82) is 0 Å². The standard InChI is InChI=1S/C22H34O5/c1-17(2)16-27-20-13-9-11-18(10-5-3-7-14-21(23)24)19(20)12-6-4-8-15-22(25)26/h9,11,13,17H,3-8,10,12,14-16H2,1-2H3,(H,23,24)(H,25,26). The van der Waals surface area contributed by atoms with Gasteiger partial charge in [0.25, 0.3) is 0 Å². The number of carboxylic acid groups (broad SMARTS) is 2. The molecule has 0 bridgehead atoms. The first kappa shape index (κ1) is 23.0. The van der Waals surface area contributed by atoms with Crippen LogP contribution in [0.1, 0.15) is 76.3 Å². The number of carboxylic acids is 2. The molecule has 1 aromatic carbocycles. The summed E-state index contributed by atoms with van der Waals surface area (Å²) < 4.78 is 6.02. The van der Waals surface area contributed by atoms with Crippen LogP contribution in [-0.2, 0) is 22.4 Å².